The van der Waals surface area contributed by atoms with Gasteiger partial charge in [0.1, 0.15) is 5.56 Å². The first-order chi connectivity index (χ1) is 6.70. The van der Waals surface area contributed by atoms with Crippen LogP contribution in [0.3, 0.4) is 0 Å². The van der Waals surface area contributed by atoms with Crippen molar-refractivity contribution in [3.63, 3.8) is 0 Å². The first kappa shape index (κ1) is 10.9. The van der Waals surface area contributed by atoms with E-state index in [2.05, 4.69) is 4.98 Å². The van der Waals surface area contributed by atoms with Crippen molar-refractivity contribution in [3.8, 4) is 0 Å². The average molecular weight is 216 g/mol. The summed E-state index contributed by atoms with van der Waals surface area (Å²) in [6.07, 6.45) is 1.43. The van der Waals surface area contributed by atoms with Crippen LogP contribution >= 0.6 is 11.6 Å². The van der Waals surface area contributed by atoms with E-state index in [1.54, 1.807) is 6.92 Å². The standard InChI is InChI=1S/C9H10ClNO3/c1-2-14-9(13)8-6(10)3-4-11-7(8)5-12/h3-4,12H,2,5H2,1H3. The van der Waals surface area contributed by atoms with Crippen LogP contribution in [-0.4, -0.2) is 22.7 Å². The van der Waals surface area contributed by atoms with E-state index in [-0.39, 0.29) is 29.5 Å². The van der Waals surface area contributed by atoms with Gasteiger partial charge in [-0.25, -0.2) is 4.79 Å². The molecule has 0 aromatic carbocycles. The Balaban J connectivity index is 3.10. The van der Waals surface area contributed by atoms with Gasteiger partial charge in [-0.2, -0.15) is 0 Å². The van der Waals surface area contributed by atoms with Gasteiger partial charge >= 0.3 is 5.97 Å². The summed E-state index contributed by atoms with van der Waals surface area (Å²) in [7, 11) is 0. The molecule has 0 atom stereocenters. The van der Waals surface area contributed by atoms with Crippen molar-refractivity contribution in [2.24, 2.45) is 0 Å². The second-order valence-electron chi connectivity index (χ2n) is 2.49. The largest absolute Gasteiger partial charge is 0.462 e. The number of aliphatic hydroxyl groups excluding tert-OH is 1. The topological polar surface area (TPSA) is 59.4 Å². The molecule has 1 N–H and O–H groups in total. The van der Waals surface area contributed by atoms with Crippen molar-refractivity contribution in [1.82, 2.24) is 4.98 Å². The molecule has 1 heterocycles. The van der Waals surface area contributed by atoms with Crippen LogP contribution in [0.25, 0.3) is 0 Å². The number of rotatable bonds is 3. The fourth-order valence-electron chi connectivity index (χ4n) is 1.02. The van der Waals surface area contributed by atoms with Crippen LogP contribution in [0.5, 0.6) is 0 Å². The molecule has 0 fully saturated rings. The Hall–Kier alpha value is -1.13. The van der Waals surface area contributed by atoms with Gasteiger partial charge in [0.25, 0.3) is 0 Å². The molecule has 1 aromatic rings. The van der Waals surface area contributed by atoms with Crippen LogP contribution in [0.4, 0.5) is 0 Å². The predicted molar refractivity (Wildman–Crippen MR) is 51.1 cm³/mol. The Kier molecular flexibility index (Phi) is 3.85. The van der Waals surface area contributed by atoms with E-state index in [1.165, 1.54) is 12.3 Å². The quantitative estimate of drug-likeness (QED) is 0.775. The third-order valence-corrected chi connectivity index (χ3v) is 1.92. The minimum Gasteiger partial charge on any atom is -0.462 e. The molecule has 0 unspecified atom stereocenters. The maximum absolute atomic E-state index is 11.4. The molecule has 0 bridgehead atoms. The van der Waals surface area contributed by atoms with Gasteiger partial charge in [0.15, 0.2) is 0 Å². The fraction of sp³-hybridized carbons (Fsp3) is 0.333. The van der Waals surface area contributed by atoms with Gasteiger partial charge in [-0.15, -0.1) is 0 Å². The Morgan fingerprint density at radius 3 is 3.00 bits per heavy atom. The van der Waals surface area contributed by atoms with E-state index in [1.807, 2.05) is 0 Å². The first-order valence-corrected chi connectivity index (χ1v) is 4.49. The van der Waals surface area contributed by atoms with E-state index >= 15 is 0 Å². The lowest BCUT2D eigenvalue weighted by atomic mass is 10.2. The zero-order valence-electron chi connectivity index (χ0n) is 7.66. The Labute approximate surface area is 86.5 Å². The van der Waals surface area contributed by atoms with Gasteiger partial charge in [0, 0.05) is 6.20 Å². The number of pyridine rings is 1. The van der Waals surface area contributed by atoms with E-state index in [4.69, 9.17) is 21.4 Å². The summed E-state index contributed by atoms with van der Waals surface area (Å²) in [5.41, 5.74) is 0.370. The summed E-state index contributed by atoms with van der Waals surface area (Å²) in [5, 5.41) is 9.17. The van der Waals surface area contributed by atoms with Gasteiger partial charge in [-0.3, -0.25) is 4.98 Å². The van der Waals surface area contributed by atoms with Crippen LogP contribution < -0.4 is 0 Å². The number of carbonyl (C=O) groups excluding carboxylic acids is 1. The maximum atomic E-state index is 11.4. The molecule has 14 heavy (non-hydrogen) atoms. The second-order valence-corrected chi connectivity index (χ2v) is 2.90. The Morgan fingerprint density at radius 1 is 1.71 bits per heavy atom. The molecule has 76 valence electrons. The van der Waals surface area contributed by atoms with Crippen molar-refractivity contribution < 1.29 is 14.6 Å². The fourth-order valence-corrected chi connectivity index (χ4v) is 1.26. The van der Waals surface area contributed by atoms with E-state index in [9.17, 15) is 4.79 Å². The lowest BCUT2D eigenvalue weighted by Crippen LogP contribution is -2.10. The maximum Gasteiger partial charge on any atom is 0.341 e. The molecule has 1 aromatic heterocycles. The molecular formula is C9H10ClNO3. The molecule has 0 saturated heterocycles. The molecule has 1 rings (SSSR count). The number of aliphatic hydroxyl groups is 1. The van der Waals surface area contributed by atoms with Gasteiger partial charge in [-0.05, 0) is 13.0 Å². The van der Waals surface area contributed by atoms with Gasteiger partial charge < -0.3 is 9.84 Å². The van der Waals surface area contributed by atoms with E-state index < -0.39 is 5.97 Å². The van der Waals surface area contributed by atoms with Crippen LogP contribution in [0.1, 0.15) is 23.0 Å². The molecule has 0 aliphatic carbocycles. The van der Waals surface area contributed by atoms with E-state index in [0.717, 1.165) is 0 Å². The second kappa shape index (κ2) is 4.93. The molecule has 0 spiro atoms. The highest BCUT2D eigenvalue weighted by Crippen LogP contribution is 2.19. The lowest BCUT2D eigenvalue weighted by molar-refractivity contribution is 0.0522. The summed E-state index contributed by atoms with van der Waals surface area (Å²) in [6.45, 7) is 1.62. The number of hydrogen-bond donors (Lipinski definition) is 1. The number of nitrogens with zero attached hydrogens (tertiary/aromatic N) is 1. The highest BCUT2D eigenvalue weighted by Gasteiger charge is 2.16. The predicted octanol–water partition coefficient (Wildman–Crippen LogP) is 1.40. The van der Waals surface area contributed by atoms with Crippen molar-refractivity contribution in [2.75, 3.05) is 6.61 Å². The molecule has 0 aliphatic rings. The van der Waals surface area contributed by atoms with Crippen LogP contribution in [-0.2, 0) is 11.3 Å². The number of esters is 1. The lowest BCUT2D eigenvalue weighted by Gasteiger charge is -2.06. The van der Waals surface area contributed by atoms with Gasteiger partial charge in [-0.1, -0.05) is 11.6 Å². The highest BCUT2D eigenvalue weighted by atomic mass is 35.5. The van der Waals surface area contributed by atoms with E-state index in [0.29, 0.717) is 0 Å². The van der Waals surface area contributed by atoms with Crippen molar-refractivity contribution in [2.45, 2.75) is 13.5 Å². The molecule has 0 radical (unpaired) electrons. The monoisotopic (exact) mass is 215 g/mol. The van der Waals surface area contributed by atoms with Crippen LogP contribution in [0.2, 0.25) is 5.02 Å². The molecule has 4 nitrogen and oxygen atoms in total. The normalized spacial score (nSPS) is 9.93. The number of halogens is 1. The third kappa shape index (κ3) is 2.21. The highest BCUT2D eigenvalue weighted by molar-refractivity contribution is 6.33. The number of carbonyl (C=O) groups is 1. The molecule has 0 aliphatic heterocycles. The van der Waals surface area contributed by atoms with Gasteiger partial charge in [0.2, 0.25) is 0 Å². The summed E-state index contributed by atoms with van der Waals surface area (Å²) in [4.78, 5) is 15.2. The Bertz CT molecular complexity index is 341. The summed E-state index contributed by atoms with van der Waals surface area (Å²) < 4.78 is 4.78. The van der Waals surface area contributed by atoms with Crippen LogP contribution in [0.15, 0.2) is 12.3 Å². The zero-order chi connectivity index (χ0) is 10.6. The summed E-state index contributed by atoms with van der Waals surface area (Å²) in [5.74, 6) is -0.561. The minimum atomic E-state index is -0.561. The van der Waals surface area contributed by atoms with Crippen molar-refractivity contribution in [1.29, 1.82) is 0 Å². The number of hydrogen-bond acceptors (Lipinski definition) is 4. The SMILES string of the molecule is CCOC(=O)c1c(Cl)ccnc1CO. The average Bonchev–Trinajstić information content (AvgIpc) is 2.17. The zero-order valence-corrected chi connectivity index (χ0v) is 8.41. The first-order valence-electron chi connectivity index (χ1n) is 4.12. The van der Waals surface area contributed by atoms with Crippen molar-refractivity contribution >= 4 is 17.6 Å². The summed E-state index contributed by atoms with van der Waals surface area (Å²) >= 11 is 5.79. The molecule has 0 amide bonds. The number of aromatic nitrogens is 1. The van der Waals surface area contributed by atoms with Gasteiger partial charge in [0.05, 0.1) is 23.9 Å². The third-order valence-electron chi connectivity index (χ3n) is 1.61. The Morgan fingerprint density at radius 2 is 2.43 bits per heavy atom. The summed E-state index contributed by atoms with van der Waals surface area (Å²) in [6, 6.07) is 1.48. The molecular weight excluding hydrogens is 206 g/mol. The van der Waals surface area contributed by atoms with Crippen LogP contribution in [0, 0.1) is 0 Å². The molecule has 0 saturated carbocycles. The smallest absolute Gasteiger partial charge is 0.341 e. The molecule has 5 heteroatoms. The van der Waals surface area contributed by atoms with Crippen molar-refractivity contribution in [3.05, 3.63) is 28.5 Å². The minimum absolute atomic E-state index is 0.138. The number of ether oxygens (including phenoxy) is 1.